The van der Waals surface area contributed by atoms with Crippen LogP contribution >= 0.6 is 0 Å². The lowest BCUT2D eigenvalue weighted by molar-refractivity contribution is -0.137. The summed E-state index contributed by atoms with van der Waals surface area (Å²) in [6.45, 7) is 4.25. The van der Waals surface area contributed by atoms with E-state index in [2.05, 4.69) is 10.3 Å². The first-order valence-corrected chi connectivity index (χ1v) is 7.01. The maximum absolute atomic E-state index is 12.3. The zero-order chi connectivity index (χ0) is 15.4. The monoisotopic (exact) mass is 289 g/mol. The molecule has 6 nitrogen and oxygen atoms in total. The molecule has 0 bridgehead atoms. The number of rotatable bonds is 6. The number of hydrogen-bond donors (Lipinski definition) is 2. The van der Waals surface area contributed by atoms with Crippen molar-refractivity contribution in [3.63, 3.8) is 0 Å². The lowest BCUT2D eigenvalue weighted by atomic mass is 10.2. The van der Waals surface area contributed by atoms with Crippen LogP contribution in [0.4, 0.5) is 0 Å². The van der Waals surface area contributed by atoms with E-state index >= 15 is 0 Å². The largest absolute Gasteiger partial charge is 0.481 e. The molecular weight excluding hydrogens is 270 g/mol. The number of imidazole rings is 1. The third kappa shape index (κ3) is 3.21. The standard InChI is InChI=1S/C15H19N3O3/c1-3-11-13(15(21)16-8-4-7-12(19)20)18-9-5-6-10(2)14(18)17-11/h5-6,9H,3-4,7-8H2,1-2H3,(H,16,21)(H,19,20). The topological polar surface area (TPSA) is 83.7 Å². The van der Waals surface area contributed by atoms with Crippen LogP contribution in [0.3, 0.4) is 0 Å². The Bertz CT molecular complexity index is 676. The summed E-state index contributed by atoms with van der Waals surface area (Å²) >= 11 is 0. The number of nitrogens with zero attached hydrogens (tertiary/aromatic N) is 2. The molecule has 1 amide bonds. The number of carbonyl (C=O) groups excluding carboxylic acids is 1. The SMILES string of the molecule is CCc1nc2c(C)cccn2c1C(=O)NCCCC(=O)O. The number of pyridine rings is 1. The molecular formula is C15H19N3O3. The molecule has 2 rings (SSSR count). The Hall–Kier alpha value is -2.37. The van der Waals surface area contributed by atoms with Crippen LogP contribution in [-0.2, 0) is 11.2 Å². The Kier molecular flexibility index (Phi) is 4.57. The number of aromatic nitrogens is 2. The molecule has 2 N–H and O–H groups in total. The highest BCUT2D eigenvalue weighted by Crippen LogP contribution is 2.16. The number of aliphatic carboxylic acids is 1. The van der Waals surface area contributed by atoms with E-state index in [-0.39, 0.29) is 12.3 Å². The number of amides is 1. The Labute approximate surface area is 122 Å². The van der Waals surface area contributed by atoms with Crippen LogP contribution in [0.5, 0.6) is 0 Å². The minimum Gasteiger partial charge on any atom is -0.481 e. The van der Waals surface area contributed by atoms with Gasteiger partial charge in [-0.05, 0) is 31.4 Å². The lowest BCUT2D eigenvalue weighted by Crippen LogP contribution is -2.27. The molecule has 2 heterocycles. The fourth-order valence-electron chi connectivity index (χ4n) is 2.26. The van der Waals surface area contributed by atoms with Gasteiger partial charge in [0.2, 0.25) is 0 Å². The van der Waals surface area contributed by atoms with E-state index in [0.29, 0.717) is 25.1 Å². The second-order valence-corrected chi connectivity index (χ2v) is 4.90. The molecule has 0 unspecified atom stereocenters. The summed E-state index contributed by atoms with van der Waals surface area (Å²) in [5.74, 6) is -1.07. The van der Waals surface area contributed by atoms with Crippen molar-refractivity contribution in [2.75, 3.05) is 6.54 Å². The Balaban J connectivity index is 2.22. The van der Waals surface area contributed by atoms with Gasteiger partial charge in [-0.1, -0.05) is 13.0 Å². The summed E-state index contributed by atoms with van der Waals surface area (Å²) in [4.78, 5) is 27.3. The third-order valence-corrected chi connectivity index (χ3v) is 3.32. The van der Waals surface area contributed by atoms with Crippen molar-refractivity contribution in [3.05, 3.63) is 35.3 Å². The molecule has 112 valence electrons. The number of aryl methyl sites for hydroxylation is 2. The molecule has 6 heteroatoms. The maximum Gasteiger partial charge on any atom is 0.303 e. The average molecular weight is 289 g/mol. The Morgan fingerprint density at radius 2 is 2.19 bits per heavy atom. The van der Waals surface area contributed by atoms with Gasteiger partial charge >= 0.3 is 5.97 Å². The van der Waals surface area contributed by atoms with Gasteiger partial charge in [-0.2, -0.15) is 0 Å². The molecule has 2 aromatic heterocycles. The smallest absolute Gasteiger partial charge is 0.303 e. The van der Waals surface area contributed by atoms with Crippen LogP contribution in [0.1, 0.15) is 41.5 Å². The number of carboxylic acid groups (broad SMARTS) is 1. The van der Waals surface area contributed by atoms with Crippen LogP contribution in [-0.4, -0.2) is 32.9 Å². The van der Waals surface area contributed by atoms with Gasteiger partial charge < -0.3 is 10.4 Å². The summed E-state index contributed by atoms with van der Waals surface area (Å²) in [5.41, 5.74) is 3.08. The summed E-state index contributed by atoms with van der Waals surface area (Å²) < 4.78 is 1.79. The number of nitrogens with one attached hydrogen (secondary N) is 1. The second kappa shape index (κ2) is 6.39. The fourth-order valence-corrected chi connectivity index (χ4v) is 2.26. The number of carbonyl (C=O) groups is 2. The first-order chi connectivity index (χ1) is 10.0. The summed E-state index contributed by atoms with van der Waals surface area (Å²) in [7, 11) is 0. The van der Waals surface area contributed by atoms with Gasteiger partial charge in [0, 0.05) is 19.2 Å². The van der Waals surface area contributed by atoms with Crippen molar-refractivity contribution in [1.82, 2.24) is 14.7 Å². The quantitative estimate of drug-likeness (QED) is 0.794. The molecule has 2 aromatic rings. The molecule has 0 atom stereocenters. The molecule has 0 fully saturated rings. The van der Waals surface area contributed by atoms with Crippen molar-refractivity contribution in [2.45, 2.75) is 33.1 Å². The average Bonchev–Trinajstić information content (AvgIpc) is 2.83. The van der Waals surface area contributed by atoms with Gasteiger partial charge in [0.25, 0.3) is 5.91 Å². The van der Waals surface area contributed by atoms with Crippen LogP contribution in [0.25, 0.3) is 5.65 Å². The highest BCUT2D eigenvalue weighted by molar-refractivity contribution is 5.94. The van der Waals surface area contributed by atoms with Gasteiger partial charge in [-0.3, -0.25) is 14.0 Å². The van der Waals surface area contributed by atoms with E-state index in [0.717, 1.165) is 16.9 Å². The van der Waals surface area contributed by atoms with Crippen molar-refractivity contribution < 1.29 is 14.7 Å². The predicted molar refractivity (Wildman–Crippen MR) is 78.5 cm³/mol. The summed E-state index contributed by atoms with van der Waals surface area (Å²) in [6, 6.07) is 3.83. The zero-order valence-corrected chi connectivity index (χ0v) is 12.2. The normalized spacial score (nSPS) is 10.8. The fraction of sp³-hybridized carbons (Fsp3) is 0.400. The number of carboxylic acids is 1. The number of hydrogen-bond acceptors (Lipinski definition) is 3. The van der Waals surface area contributed by atoms with Crippen LogP contribution in [0.2, 0.25) is 0 Å². The highest BCUT2D eigenvalue weighted by atomic mass is 16.4. The minimum absolute atomic E-state index is 0.0488. The third-order valence-electron chi connectivity index (χ3n) is 3.32. The molecule has 0 aromatic carbocycles. The summed E-state index contributed by atoms with van der Waals surface area (Å²) in [6.07, 6.45) is 2.95. The molecule has 0 radical (unpaired) electrons. The lowest BCUT2D eigenvalue weighted by Gasteiger charge is -2.06. The van der Waals surface area contributed by atoms with Crippen molar-refractivity contribution in [3.8, 4) is 0 Å². The van der Waals surface area contributed by atoms with Gasteiger partial charge in [0.15, 0.2) is 0 Å². The van der Waals surface area contributed by atoms with Crippen molar-refractivity contribution in [1.29, 1.82) is 0 Å². The minimum atomic E-state index is -0.857. The van der Waals surface area contributed by atoms with Crippen LogP contribution < -0.4 is 5.32 Å². The van der Waals surface area contributed by atoms with E-state index in [1.165, 1.54) is 0 Å². The first-order valence-electron chi connectivity index (χ1n) is 7.01. The molecule has 21 heavy (non-hydrogen) atoms. The van der Waals surface area contributed by atoms with Gasteiger partial charge in [-0.25, -0.2) is 4.98 Å². The predicted octanol–water partition coefficient (Wildman–Crippen LogP) is 1.80. The maximum atomic E-state index is 12.3. The van der Waals surface area contributed by atoms with E-state index in [4.69, 9.17) is 5.11 Å². The second-order valence-electron chi connectivity index (χ2n) is 4.90. The van der Waals surface area contributed by atoms with E-state index in [9.17, 15) is 9.59 Å². The molecule has 0 saturated carbocycles. The van der Waals surface area contributed by atoms with Gasteiger partial charge in [-0.15, -0.1) is 0 Å². The summed E-state index contributed by atoms with van der Waals surface area (Å²) in [5, 5.41) is 11.4. The molecule has 0 aliphatic heterocycles. The van der Waals surface area contributed by atoms with Gasteiger partial charge in [0.05, 0.1) is 5.69 Å². The van der Waals surface area contributed by atoms with E-state index < -0.39 is 5.97 Å². The molecule has 0 aliphatic carbocycles. The van der Waals surface area contributed by atoms with E-state index in [1.807, 2.05) is 32.2 Å². The molecule has 0 aliphatic rings. The van der Waals surface area contributed by atoms with Crippen LogP contribution in [0, 0.1) is 6.92 Å². The highest BCUT2D eigenvalue weighted by Gasteiger charge is 2.18. The number of fused-ring (bicyclic) bond motifs is 1. The van der Waals surface area contributed by atoms with Crippen LogP contribution in [0.15, 0.2) is 18.3 Å². The van der Waals surface area contributed by atoms with Crippen molar-refractivity contribution in [2.24, 2.45) is 0 Å². The first kappa shape index (κ1) is 15.0. The Morgan fingerprint density at radius 3 is 2.86 bits per heavy atom. The Morgan fingerprint density at radius 1 is 1.43 bits per heavy atom. The molecule has 0 spiro atoms. The zero-order valence-electron chi connectivity index (χ0n) is 12.2. The van der Waals surface area contributed by atoms with E-state index in [1.54, 1.807) is 4.40 Å². The van der Waals surface area contributed by atoms with Gasteiger partial charge in [0.1, 0.15) is 11.3 Å². The molecule has 0 saturated heterocycles. The van der Waals surface area contributed by atoms with Crippen molar-refractivity contribution >= 4 is 17.5 Å².